The van der Waals surface area contributed by atoms with Crippen molar-refractivity contribution in [3.05, 3.63) is 74.6 Å². The van der Waals surface area contributed by atoms with Gasteiger partial charge in [0.2, 0.25) is 0 Å². The predicted molar refractivity (Wildman–Crippen MR) is 101 cm³/mol. The normalized spacial score (nSPS) is 11.6. The van der Waals surface area contributed by atoms with Crippen LogP contribution in [-0.4, -0.2) is 14.1 Å². The Morgan fingerprint density at radius 3 is 2.45 bits per heavy atom. The fourth-order valence-electron chi connectivity index (χ4n) is 2.54. The molecule has 0 spiro atoms. The van der Waals surface area contributed by atoms with E-state index in [1.807, 2.05) is 0 Å². The first-order valence-electron chi connectivity index (χ1n) is 7.24. The Hall–Kier alpha value is -1.84. The molecule has 0 amide bonds. The number of anilines is 1. The molecule has 0 fully saturated rings. The lowest BCUT2D eigenvalue weighted by molar-refractivity contribution is 1.10. The fraction of sp³-hybridized carbons (Fsp3) is 0.158. The Labute approximate surface area is 140 Å². The highest BCUT2D eigenvalue weighted by Gasteiger charge is 2.09. The van der Waals surface area contributed by atoms with E-state index in [-0.39, 0.29) is 0 Å². The molecule has 0 radical (unpaired) electrons. The summed E-state index contributed by atoms with van der Waals surface area (Å²) in [5.41, 5.74) is 6.63. The number of benzene rings is 1. The Bertz CT molecular complexity index is 738. The van der Waals surface area contributed by atoms with E-state index < -0.39 is 0 Å². The van der Waals surface area contributed by atoms with Gasteiger partial charge in [0.05, 0.1) is 0 Å². The van der Waals surface area contributed by atoms with Gasteiger partial charge in [0.15, 0.2) is 0 Å². The molecule has 0 aliphatic carbocycles. The van der Waals surface area contributed by atoms with Crippen LogP contribution in [-0.2, 0) is 6.42 Å². The zero-order valence-corrected chi connectivity index (χ0v) is 14.5. The van der Waals surface area contributed by atoms with E-state index in [1.54, 1.807) is 22.7 Å². The average molecular weight is 326 g/mol. The molecule has 0 bridgehead atoms. The van der Waals surface area contributed by atoms with Gasteiger partial charge in [-0.05, 0) is 68.1 Å². The monoisotopic (exact) mass is 325 g/mol. The average Bonchev–Trinajstić information content (AvgIpc) is 3.20. The zero-order valence-electron chi connectivity index (χ0n) is 12.8. The van der Waals surface area contributed by atoms with Gasteiger partial charge in [0, 0.05) is 26.2 Å². The molecule has 0 saturated carbocycles. The summed E-state index contributed by atoms with van der Waals surface area (Å²) in [5, 5.41) is 8.71. The Morgan fingerprint density at radius 1 is 1.00 bits per heavy atom. The molecule has 2 heterocycles. The number of nitrogens with zero attached hydrogens (tertiary/aromatic N) is 1. The number of rotatable bonds is 5. The van der Waals surface area contributed by atoms with Crippen molar-refractivity contribution in [2.24, 2.45) is 0 Å². The van der Waals surface area contributed by atoms with Crippen LogP contribution in [0, 0.1) is 0 Å². The van der Waals surface area contributed by atoms with Gasteiger partial charge < -0.3 is 4.90 Å². The first kappa shape index (κ1) is 15.1. The van der Waals surface area contributed by atoms with E-state index in [2.05, 4.69) is 83.0 Å². The van der Waals surface area contributed by atoms with Gasteiger partial charge in [0.1, 0.15) is 0 Å². The largest absolute Gasteiger partial charge is 0.377 e. The lowest BCUT2D eigenvalue weighted by Gasteiger charge is -2.18. The van der Waals surface area contributed by atoms with E-state index >= 15 is 0 Å². The van der Waals surface area contributed by atoms with Crippen LogP contribution in [0.4, 0.5) is 5.69 Å². The van der Waals surface area contributed by atoms with E-state index in [4.69, 9.17) is 0 Å². The Kier molecular flexibility index (Phi) is 4.76. The number of hydrogen-bond acceptors (Lipinski definition) is 3. The van der Waals surface area contributed by atoms with Crippen LogP contribution in [0.15, 0.2) is 57.9 Å². The van der Waals surface area contributed by atoms with Gasteiger partial charge in [-0.15, -0.1) is 0 Å². The second kappa shape index (κ2) is 6.95. The molecule has 0 atom stereocenters. The summed E-state index contributed by atoms with van der Waals surface area (Å²) in [7, 11) is 4.21. The third kappa shape index (κ3) is 3.49. The molecule has 0 unspecified atom stereocenters. The maximum atomic E-state index is 2.31. The molecular weight excluding hydrogens is 306 g/mol. The molecule has 1 aromatic carbocycles. The maximum absolute atomic E-state index is 2.31. The summed E-state index contributed by atoms with van der Waals surface area (Å²) in [5.74, 6) is 0. The molecule has 112 valence electrons. The lowest BCUT2D eigenvalue weighted by Crippen LogP contribution is -2.11. The van der Waals surface area contributed by atoms with Crippen molar-refractivity contribution in [1.82, 2.24) is 0 Å². The summed E-state index contributed by atoms with van der Waals surface area (Å²) >= 11 is 3.50. The number of thiophene rings is 2. The van der Waals surface area contributed by atoms with Crippen molar-refractivity contribution in [2.75, 3.05) is 19.0 Å². The van der Waals surface area contributed by atoms with Gasteiger partial charge in [-0.1, -0.05) is 18.2 Å². The van der Waals surface area contributed by atoms with Crippen molar-refractivity contribution in [3.8, 4) is 0 Å². The minimum atomic E-state index is 0.945. The molecule has 22 heavy (non-hydrogen) atoms. The highest BCUT2D eigenvalue weighted by Crippen LogP contribution is 2.29. The van der Waals surface area contributed by atoms with E-state index in [9.17, 15) is 0 Å². The van der Waals surface area contributed by atoms with Crippen molar-refractivity contribution < 1.29 is 0 Å². The predicted octanol–water partition coefficient (Wildman–Crippen LogP) is 5.66. The summed E-state index contributed by atoms with van der Waals surface area (Å²) in [4.78, 5) is 2.19. The van der Waals surface area contributed by atoms with Gasteiger partial charge >= 0.3 is 0 Å². The number of allylic oxidation sites excluding steroid dienone is 1. The van der Waals surface area contributed by atoms with Crippen molar-refractivity contribution in [2.45, 2.75) is 6.42 Å². The van der Waals surface area contributed by atoms with Gasteiger partial charge in [-0.2, -0.15) is 22.7 Å². The molecule has 0 saturated heterocycles. The molecular formula is C19H19NS2. The first-order chi connectivity index (χ1) is 10.7. The molecule has 1 nitrogen and oxygen atoms in total. The minimum Gasteiger partial charge on any atom is -0.377 e. The number of hydrogen-bond donors (Lipinski definition) is 0. The molecule has 3 rings (SSSR count). The molecule has 2 aromatic heterocycles. The van der Waals surface area contributed by atoms with Crippen molar-refractivity contribution >= 4 is 40.0 Å². The summed E-state index contributed by atoms with van der Waals surface area (Å²) in [6.07, 6.45) is 3.26. The highest BCUT2D eigenvalue weighted by molar-refractivity contribution is 7.08. The topological polar surface area (TPSA) is 3.24 Å². The van der Waals surface area contributed by atoms with Crippen LogP contribution in [0.25, 0.3) is 11.6 Å². The first-order valence-corrected chi connectivity index (χ1v) is 9.13. The standard InChI is InChI=1S/C19H19NS2/c1-20(2)19-6-4-3-5-16(19)12-18(17-8-10-22-14-17)11-15-7-9-21-13-15/h3-11,13-14H,12H2,1-2H3/b18-11-. The van der Waals surface area contributed by atoms with Crippen LogP contribution in [0.1, 0.15) is 16.7 Å². The van der Waals surface area contributed by atoms with Crippen LogP contribution < -0.4 is 4.90 Å². The van der Waals surface area contributed by atoms with E-state index in [0.717, 1.165) is 6.42 Å². The zero-order chi connectivity index (χ0) is 15.4. The lowest BCUT2D eigenvalue weighted by atomic mass is 9.97. The Balaban J connectivity index is 1.98. The summed E-state index contributed by atoms with van der Waals surface area (Å²) in [6.45, 7) is 0. The third-order valence-corrected chi connectivity index (χ3v) is 5.02. The van der Waals surface area contributed by atoms with Crippen molar-refractivity contribution in [1.29, 1.82) is 0 Å². The number of para-hydroxylation sites is 1. The fourth-order valence-corrected chi connectivity index (χ4v) is 3.84. The maximum Gasteiger partial charge on any atom is 0.0396 e. The van der Waals surface area contributed by atoms with Crippen LogP contribution in [0.3, 0.4) is 0 Å². The second-order valence-electron chi connectivity index (χ2n) is 5.44. The molecule has 0 aliphatic rings. The quantitative estimate of drug-likeness (QED) is 0.585. The molecule has 0 N–H and O–H groups in total. The van der Waals surface area contributed by atoms with Crippen molar-refractivity contribution in [3.63, 3.8) is 0 Å². The minimum absolute atomic E-state index is 0.945. The highest BCUT2D eigenvalue weighted by atomic mass is 32.1. The molecule has 3 aromatic rings. The van der Waals surface area contributed by atoms with Crippen LogP contribution in [0.2, 0.25) is 0 Å². The van der Waals surface area contributed by atoms with Gasteiger partial charge in [0.25, 0.3) is 0 Å². The van der Waals surface area contributed by atoms with Gasteiger partial charge in [-0.3, -0.25) is 0 Å². The Morgan fingerprint density at radius 2 is 1.77 bits per heavy atom. The van der Waals surface area contributed by atoms with E-state index in [1.165, 1.54) is 28.0 Å². The summed E-state index contributed by atoms with van der Waals surface area (Å²) in [6, 6.07) is 13.0. The molecule has 0 aliphatic heterocycles. The molecule has 3 heteroatoms. The SMILES string of the molecule is CN(C)c1ccccc1C/C(=C/c1ccsc1)c1ccsc1. The van der Waals surface area contributed by atoms with Crippen LogP contribution >= 0.6 is 22.7 Å². The smallest absolute Gasteiger partial charge is 0.0396 e. The van der Waals surface area contributed by atoms with Crippen LogP contribution in [0.5, 0.6) is 0 Å². The third-order valence-electron chi connectivity index (χ3n) is 3.63. The summed E-state index contributed by atoms with van der Waals surface area (Å²) < 4.78 is 0. The second-order valence-corrected chi connectivity index (χ2v) is 7.00. The van der Waals surface area contributed by atoms with Gasteiger partial charge in [-0.25, -0.2) is 0 Å². The van der Waals surface area contributed by atoms with E-state index in [0.29, 0.717) is 0 Å².